The number of sulfonamides is 1. The summed E-state index contributed by atoms with van der Waals surface area (Å²) in [6.07, 6.45) is 2.75. The maximum atomic E-state index is 12.8. The number of hydrogen-bond acceptors (Lipinski definition) is 5. The van der Waals surface area contributed by atoms with Crippen molar-refractivity contribution in [1.82, 2.24) is 9.62 Å². The van der Waals surface area contributed by atoms with E-state index >= 15 is 0 Å². The van der Waals surface area contributed by atoms with E-state index in [0.717, 1.165) is 17.7 Å². The van der Waals surface area contributed by atoms with Crippen molar-refractivity contribution in [2.45, 2.75) is 62.2 Å². The van der Waals surface area contributed by atoms with Crippen molar-refractivity contribution in [3.8, 4) is 0 Å². The summed E-state index contributed by atoms with van der Waals surface area (Å²) in [6.45, 7) is 6.59. The van der Waals surface area contributed by atoms with Gasteiger partial charge < -0.3 is 11.1 Å². The van der Waals surface area contributed by atoms with Crippen LogP contribution in [0.1, 0.15) is 44.4 Å². The molecule has 0 aliphatic carbocycles. The van der Waals surface area contributed by atoms with E-state index in [-0.39, 0.29) is 18.3 Å². The van der Waals surface area contributed by atoms with Crippen LogP contribution in [0.3, 0.4) is 0 Å². The second-order valence-electron chi connectivity index (χ2n) is 6.43. The highest BCUT2D eigenvalue weighted by Crippen LogP contribution is 2.30. The summed E-state index contributed by atoms with van der Waals surface area (Å²) in [5.74, 6) is -0.249. The summed E-state index contributed by atoms with van der Waals surface area (Å²) < 4.78 is 27.3. The van der Waals surface area contributed by atoms with E-state index in [1.807, 2.05) is 20.8 Å². The molecule has 1 unspecified atom stereocenters. The Morgan fingerprint density at radius 3 is 2.56 bits per heavy atom. The molecular weight excluding hydrogens is 382 g/mol. The van der Waals surface area contributed by atoms with E-state index in [1.165, 1.54) is 15.6 Å². The van der Waals surface area contributed by atoms with Gasteiger partial charge in [0, 0.05) is 23.5 Å². The second-order valence-corrected chi connectivity index (χ2v) is 9.83. The van der Waals surface area contributed by atoms with Crippen LogP contribution in [0, 0.1) is 6.92 Å². The number of carbonyl (C=O) groups is 1. The zero-order chi connectivity index (χ0) is 18.0. The molecule has 2 rings (SSSR count). The lowest BCUT2D eigenvalue weighted by Crippen LogP contribution is -2.53. The lowest BCUT2D eigenvalue weighted by molar-refractivity contribution is -0.124. The number of nitrogens with zero attached hydrogens (tertiary/aromatic N) is 1. The lowest BCUT2D eigenvalue weighted by Gasteiger charge is -2.29. The zero-order valence-electron chi connectivity index (χ0n) is 14.9. The fourth-order valence-electron chi connectivity index (χ4n) is 2.84. The Morgan fingerprint density at radius 2 is 2.04 bits per heavy atom. The van der Waals surface area contributed by atoms with E-state index in [9.17, 15) is 13.2 Å². The molecule has 1 amide bonds. The average molecular weight is 410 g/mol. The van der Waals surface area contributed by atoms with Crippen LogP contribution < -0.4 is 11.1 Å². The minimum Gasteiger partial charge on any atom is -0.353 e. The van der Waals surface area contributed by atoms with Crippen molar-refractivity contribution in [1.29, 1.82) is 0 Å². The van der Waals surface area contributed by atoms with Gasteiger partial charge in [-0.15, -0.1) is 23.7 Å². The summed E-state index contributed by atoms with van der Waals surface area (Å²) in [4.78, 5) is 13.5. The first-order chi connectivity index (χ1) is 11.2. The molecule has 1 aromatic rings. The van der Waals surface area contributed by atoms with Crippen molar-refractivity contribution < 1.29 is 13.2 Å². The molecule has 1 fully saturated rings. The molecule has 1 aliphatic heterocycles. The molecule has 9 heteroatoms. The molecule has 0 aromatic carbocycles. The molecule has 1 atom stereocenters. The highest BCUT2D eigenvalue weighted by Gasteiger charge is 2.40. The van der Waals surface area contributed by atoms with E-state index in [1.54, 1.807) is 12.1 Å². The smallest absolute Gasteiger partial charge is 0.253 e. The number of amides is 1. The fourth-order valence-corrected chi connectivity index (χ4v) is 5.91. The predicted molar refractivity (Wildman–Crippen MR) is 104 cm³/mol. The van der Waals surface area contributed by atoms with E-state index in [2.05, 4.69) is 5.32 Å². The van der Waals surface area contributed by atoms with Gasteiger partial charge in [0.15, 0.2) is 0 Å². The third-order valence-electron chi connectivity index (χ3n) is 4.81. The summed E-state index contributed by atoms with van der Waals surface area (Å²) in [7, 11) is -3.62. The molecule has 6 nitrogen and oxygen atoms in total. The molecule has 1 aromatic heterocycles. The lowest BCUT2D eigenvalue weighted by atomic mass is 9.94. The van der Waals surface area contributed by atoms with Crippen LogP contribution in [0.2, 0.25) is 0 Å². The molecule has 1 saturated heterocycles. The van der Waals surface area contributed by atoms with Gasteiger partial charge in [-0.05, 0) is 44.7 Å². The molecular formula is C16H28ClN3O3S2. The molecule has 0 radical (unpaired) electrons. The molecule has 0 spiro atoms. The van der Waals surface area contributed by atoms with Crippen molar-refractivity contribution >= 4 is 39.7 Å². The predicted octanol–water partition coefficient (Wildman–Crippen LogP) is 2.27. The van der Waals surface area contributed by atoms with Gasteiger partial charge in [0.1, 0.15) is 10.3 Å². The van der Waals surface area contributed by atoms with Crippen LogP contribution in [0.5, 0.6) is 0 Å². The first-order valence-electron chi connectivity index (χ1n) is 8.38. The maximum absolute atomic E-state index is 12.8. The van der Waals surface area contributed by atoms with E-state index in [0.29, 0.717) is 30.1 Å². The normalized spacial score (nSPS) is 18.8. The maximum Gasteiger partial charge on any atom is 0.253 e. The number of nitrogens with one attached hydrogen (secondary N) is 1. The van der Waals surface area contributed by atoms with Crippen LogP contribution in [0.15, 0.2) is 16.3 Å². The first kappa shape index (κ1) is 22.4. The summed E-state index contributed by atoms with van der Waals surface area (Å²) in [5.41, 5.74) is 5.77. The minimum atomic E-state index is -3.62. The van der Waals surface area contributed by atoms with Gasteiger partial charge in [-0.3, -0.25) is 4.79 Å². The van der Waals surface area contributed by atoms with Crippen molar-refractivity contribution in [3.63, 3.8) is 0 Å². The van der Waals surface area contributed by atoms with Crippen LogP contribution in [-0.4, -0.2) is 43.3 Å². The SMILES string of the molecule is CCC(N)(CC)CNC(=O)C1CCCN1S(=O)(=O)c1ccc(C)s1.Cl. The number of nitrogens with two attached hydrogens (primary N) is 1. The second kappa shape index (κ2) is 8.81. The number of hydrogen-bond donors (Lipinski definition) is 2. The molecule has 2 heterocycles. The highest BCUT2D eigenvalue weighted by molar-refractivity contribution is 7.91. The number of aryl methyl sites for hydroxylation is 1. The summed E-state index contributed by atoms with van der Waals surface area (Å²) >= 11 is 1.24. The van der Waals surface area contributed by atoms with Gasteiger partial charge in [0.05, 0.1) is 0 Å². The highest BCUT2D eigenvalue weighted by atomic mass is 35.5. The van der Waals surface area contributed by atoms with Crippen LogP contribution in [-0.2, 0) is 14.8 Å². The van der Waals surface area contributed by atoms with Gasteiger partial charge in [0.2, 0.25) is 5.91 Å². The number of thiophene rings is 1. The van der Waals surface area contributed by atoms with E-state index in [4.69, 9.17) is 5.73 Å². The Hall–Kier alpha value is -0.670. The molecule has 1 aliphatic rings. The van der Waals surface area contributed by atoms with Gasteiger partial charge in [0.25, 0.3) is 10.0 Å². The summed E-state index contributed by atoms with van der Waals surface area (Å²) in [6, 6.07) is 2.76. The molecule has 3 N–H and O–H groups in total. The number of carbonyl (C=O) groups excluding carboxylic acids is 1. The van der Waals surface area contributed by atoms with Crippen molar-refractivity contribution in [2.75, 3.05) is 13.1 Å². The minimum absolute atomic E-state index is 0. The molecule has 0 bridgehead atoms. The van der Waals surface area contributed by atoms with Crippen LogP contribution >= 0.6 is 23.7 Å². The zero-order valence-corrected chi connectivity index (χ0v) is 17.4. The first-order valence-corrected chi connectivity index (χ1v) is 10.6. The quantitative estimate of drug-likeness (QED) is 0.722. The van der Waals surface area contributed by atoms with Gasteiger partial charge in [-0.1, -0.05) is 13.8 Å². The monoisotopic (exact) mass is 409 g/mol. The molecule has 144 valence electrons. The van der Waals surface area contributed by atoms with Crippen molar-refractivity contribution in [2.24, 2.45) is 5.73 Å². The Labute approximate surface area is 160 Å². The fraction of sp³-hybridized carbons (Fsp3) is 0.688. The van der Waals surface area contributed by atoms with Gasteiger partial charge >= 0.3 is 0 Å². The Morgan fingerprint density at radius 1 is 1.40 bits per heavy atom. The molecule has 25 heavy (non-hydrogen) atoms. The average Bonchev–Trinajstić information content (AvgIpc) is 3.21. The molecule has 0 saturated carbocycles. The largest absolute Gasteiger partial charge is 0.353 e. The summed E-state index contributed by atoms with van der Waals surface area (Å²) in [5, 5.41) is 2.86. The van der Waals surface area contributed by atoms with Crippen molar-refractivity contribution in [3.05, 3.63) is 17.0 Å². The van der Waals surface area contributed by atoms with Crippen LogP contribution in [0.4, 0.5) is 0 Å². The van der Waals surface area contributed by atoms with Gasteiger partial charge in [-0.2, -0.15) is 4.31 Å². The third kappa shape index (κ3) is 4.95. The number of rotatable bonds is 7. The van der Waals surface area contributed by atoms with Gasteiger partial charge in [-0.25, -0.2) is 8.42 Å². The van der Waals surface area contributed by atoms with E-state index < -0.39 is 21.6 Å². The Balaban J connectivity index is 0.00000312. The third-order valence-corrected chi connectivity index (χ3v) is 8.18. The topological polar surface area (TPSA) is 92.5 Å². The Bertz CT molecular complexity index is 687. The number of halogens is 1. The Kier molecular flexibility index (Phi) is 7.89. The van der Waals surface area contributed by atoms with Crippen LogP contribution in [0.25, 0.3) is 0 Å². The standard InChI is InChI=1S/C16H27N3O3S2.ClH/c1-4-16(17,5-2)11-18-15(20)13-7-6-10-19(13)24(21,22)14-9-8-12(3)23-14;/h8-9,13H,4-7,10-11,17H2,1-3H3,(H,18,20);1H.